The Morgan fingerprint density at radius 1 is 1.29 bits per heavy atom. The number of rotatable bonds is 9. The second-order valence-electron chi connectivity index (χ2n) is 8.16. The molecule has 1 aromatic rings. The molecule has 0 N–H and O–H groups in total. The third-order valence-corrected chi connectivity index (χ3v) is 4.85. The highest BCUT2D eigenvalue weighted by Gasteiger charge is 2.30. The van der Waals surface area contributed by atoms with Gasteiger partial charge in [-0.25, -0.2) is 9.78 Å². The van der Waals surface area contributed by atoms with Crippen LogP contribution < -0.4 is 0 Å². The highest BCUT2D eigenvalue weighted by Crippen LogP contribution is 2.18. The summed E-state index contributed by atoms with van der Waals surface area (Å²) in [4.78, 5) is 29.8. The number of unbranched alkanes of at least 4 members (excludes halogenated alkanes) is 1. The Morgan fingerprint density at radius 3 is 2.79 bits per heavy atom. The lowest BCUT2D eigenvalue weighted by Gasteiger charge is -2.24. The van der Waals surface area contributed by atoms with Crippen LogP contribution in [-0.2, 0) is 20.7 Å². The third-order valence-electron chi connectivity index (χ3n) is 4.51. The van der Waals surface area contributed by atoms with Crippen molar-refractivity contribution in [2.75, 3.05) is 19.7 Å². The molecule has 6 nitrogen and oxygen atoms in total. The largest absolute Gasteiger partial charge is 0.444 e. The predicted molar refractivity (Wildman–Crippen MR) is 109 cm³/mol. The van der Waals surface area contributed by atoms with Crippen molar-refractivity contribution in [3.8, 4) is 0 Å². The highest BCUT2D eigenvalue weighted by atomic mass is 35.5. The first-order valence-electron chi connectivity index (χ1n) is 9.95. The van der Waals surface area contributed by atoms with Crippen molar-refractivity contribution in [3.05, 3.63) is 29.0 Å². The number of hydrogen-bond donors (Lipinski definition) is 0. The standard InChI is InChI=1S/C21H31ClN2O4/c1-21(2,3)28-20(26)24-13-11-18(15-24)27-14-5-4-8-17(25)10-9-16-7-6-12-23-19(16)22/h6-7,12,18H,4-5,8-11,13-15H2,1-3H3. The molecule has 0 radical (unpaired) electrons. The van der Waals surface area contributed by atoms with Crippen LogP contribution in [0.15, 0.2) is 18.3 Å². The van der Waals surface area contributed by atoms with Crippen LogP contribution >= 0.6 is 11.6 Å². The zero-order chi connectivity index (χ0) is 20.6. The molecule has 1 unspecified atom stereocenters. The van der Waals surface area contributed by atoms with Crippen LogP contribution in [-0.4, -0.2) is 53.2 Å². The fraction of sp³-hybridized carbons (Fsp3) is 0.667. The average Bonchev–Trinajstić information content (AvgIpc) is 3.08. The molecule has 2 heterocycles. The third kappa shape index (κ3) is 8.15. The molecule has 1 aliphatic rings. The van der Waals surface area contributed by atoms with E-state index in [0.29, 0.717) is 44.1 Å². The Labute approximate surface area is 172 Å². The highest BCUT2D eigenvalue weighted by molar-refractivity contribution is 6.30. The Morgan fingerprint density at radius 2 is 2.07 bits per heavy atom. The second-order valence-corrected chi connectivity index (χ2v) is 8.51. The Kier molecular flexibility index (Phi) is 8.70. The summed E-state index contributed by atoms with van der Waals surface area (Å²) in [5.41, 5.74) is 0.432. The smallest absolute Gasteiger partial charge is 0.410 e. The zero-order valence-electron chi connectivity index (χ0n) is 17.1. The van der Waals surface area contributed by atoms with Gasteiger partial charge in [0.1, 0.15) is 16.5 Å². The topological polar surface area (TPSA) is 68.7 Å². The molecule has 0 aromatic carbocycles. The van der Waals surface area contributed by atoms with Crippen LogP contribution in [0.3, 0.4) is 0 Å². The van der Waals surface area contributed by atoms with E-state index in [2.05, 4.69) is 4.98 Å². The van der Waals surface area contributed by atoms with Gasteiger partial charge in [-0.2, -0.15) is 0 Å². The van der Waals surface area contributed by atoms with Crippen LogP contribution in [0.1, 0.15) is 58.4 Å². The van der Waals surface area contributed by atoms with Gasteiger partial charge in [-0.15, -0.1) is 0 Å². The number of carbonyl (C=O) groups excluding carboxylic acids is 2. The molecular weight excluding hydrogens is 380 g/mol. The van der Waals surface area contributed by atoms with E-state index in [1.807, 2.05) is 32.9 Å². The number of amides is 1. The molecular formula is C21H31ClN2O4. The summed E-state index contributed by atoms with van der Waals surface area (Å²) in [5, 5.41) is 0.473. The Bertz CT molecular complexity index is 660. The van der Waals surface area contributed by atoms with E-state index in [1.165, 1.54) is 0 Å². The van der Waals surface area contributed by atoms with Gasteiger partial charge in [0, 0.05) is 32.2 Å². The number of aromatic nitrogens is 1. The first kappa shape index (κ1) is 22.6. The molecule has 7 heteroatoms. The maximum atomic E-state index is 12.0. The predicted octanol–water partition coefficient (Wildman–Crippen LogP) is 4.43. The molecule has 1 fully saturated rings. The van der Waals surface area contributed by atoms with E-state index in [-0.39, 0.29) is 18.0 Å². The van der Waals surface area contributed by atoms with Gasteiger partial charge in [-0.1, -0.05) is 17.7 Å². The molecule has 0 aliphatic carbocycles. The summed E-state index contributed by atoms with van der Waals surface area (Å²) in [6.07, 6.45) is 5.55. The van der Waals surface area contributed by atoms with E-state index in [1.54, 1.807) is 11.1 Å². The van der Waals surface area contributed by atoms with Gasteiger partial charge in [0.15, 0.2) is 0 Å². The Hall–Kier alpha value is -1.66. The van der Waals surface area contributed by atoms with Crippen LogP contribution in [0.5, 0.6) is 0 Å². The molecule has 2 rings (SSSR count). The van der Waals surface area contributed by atoms with Crippen molar-refractivity contribution in [2.45, 2.75) is 71.0 Å². The number of halogens is 1. The van der Waals surface area contributed by atoms with E-state index in [0.717, 1.165) is 24.8 Å². The quantitative estimate of drug-likeness (QED) is 0.445. The lowest BCUT2D eigenvalue weighted by molar-refractivity contribution is -0.119. The molecule has 156 valence electrons. The van der Waals surface area contributed by atoms with Gasteiger partial charge < -0.3 is 14.4 Å². The SMILES string of the molecule is CC(C)(C)OC(=O)N1CCC(OCCCCC(=O)CCc2cccnc2Cl)C1. The van der Waals surface area contributed by atoms with Crippen molar-refractivity contribution >= 4 is 23.5 Å². The minimum Gasteiger partial charge on any atom is -0.444 e. The van der Waals surface area contributed by atoms with Gasteiger partial charge in [0.2, 0.25) is 0 Å². The number of likely N-dealkylation sites (tertiary alicyclic amines) is 1. The van der Waals surface area contributed by atoms with Crippen LogP contribution in [0, 0.1) is 0 Å². The molecule has 0 saturated carbocycles. The van der Waals surface area contributed by atoms with E-state index in [9.17, 15) is 9.59 Å². The maximum absolute atomic E-state index is 12.0. The number of ketones is 1. The van der Waals surface area contributed by atoms with Crippen molar-refractivity contribution in [1.82, 2.24) is 9.88 Å². The average molecular weight is 411 g/mol. The molecule has 1 amide bonds. The lowest BCUT2D eigenvalue weighted by Crippen LogP contribution is -2.36. The monoisotopic (exact) mass is 410 g/mol. The van der Waals surface area contributed by atoms with E-state index >= 15 is 0 Å². The van der Waals surface area contributed by atoms with Gasteiger partial charge in [0.05, 0.1) is 12.6 Å². The summed E-state index contributed by atoms with van der Waals surface area (Å²) in [6.45, 7) is 7.42. The first-order valence-corrected chi connectivity index (χ1v) is 10.3. The summed E-state index contributed by atoms with van der Waals surface area (Å²) < 4.78 is 11.2. The van der Waals surface area contributed by atoms with Crippen molar-refractivity contribution in [1.29, 1.82) is 0 Å². The Balaban J connectivity index is 1.54. The molecule has 1 aromatic heterocycles. The van der Waals surface area contributed by atoms with E-state index < -0.39 is 5.60 Å². The van der Waals surface area contributed by atoms with Crippen LogP contribution in [0.4, 0.5) is 4.79 Å². The fourth-order valence-corrected chi connectivity index (χ4v) is 3.25. The number of aryl methyl sites for hydroxylation is 1. The van der Waals surface area contributed by atoms with Crippen molar-refractivity contribution in [3.63, 3.8) is 0 Å². The van der Waals surface area contributed by atoms with Crippen molar-refractivity contribution < 1.29 is 19.1 Å². The number of ether oxygens (including phenoxy) is 2. The van der Waals surface area contributed by atoms with E-state index in [4.69, 9.17) is 21.1 Å². The molecule has 28 heavy (non-hydrogen) atoms. The summed E-state index contributed by atoms with van der Waals surface area (Å²) in [7, 11) is 0. The van der Waals surface area contributed by atoms with Crippen LogP contribution in [0.2, 0.25) is 5.15 Å². The number of Topliss-reactive ketones (excluding diaryl/α,β-unsaturated/α-hetero) is 1. The second kappa shape index (κ2) is 10.8. The normalized spacial score (nSPS) is 17.0. The minimum absolute atomic E-state index is 0.0518. The number of carbonyl (C=O) groups is 2. The first-order chi connectivity index (χ1) is 13.2. The summed E-state index contributed by atoms with van der Waals surface area (Å²) >= 11 is 6.01. The molecule has 1 saturated heterocycles. The van der Waals surface area contributed by atoms with Gasteiger partial charge in [-0.3, -0.25) is 4.79 Å². The van der Waals surface area contributed by atoms with Gasteiger partial charge in [-0.05, 0) is 58.1 Å². The maximum Gasteiger partial charge on any atom is 0.410 e. The molecule has 0 spiro atoms. The zero-order valence-corrected chi connectivity index (χ0v) is 17.8. The number of hydrogen-bond acceptors (Lipinski definition) is 5. The molecule has 1 aliphatic heterocycles. The van der Waals surface area contributed by atoms with Gasteiger partial charge >= 0.3 is 6.09 Å². The van der Waals surface area contributed by atoms with Crippen LogP contribution in [0.25, 0.3) is 0 Å². The summed E-state index contributed by atoms with van der Waals surface area (Å²) in [5.74, 6) is 0.233. The number of nitrogens with zero attached hydrogens (tertiary/aromatic N) is 2. The molecule has 1 atom stereocenters. The minimum atomic E-state index is -0.481. The fourth-order valence-electron chi connectivity index (χ4n) is 3.04. The molecule has 0 bridgehead atoms. The van der Waals surface area contributed by atoms with Crippen molar-refractivity contribution in [2.24, 2.45) is 0 Å². The van der Waals surface area contributed by atoms with Gasteiger partial charge in [0.25, 0.3) is 0 Å². The summed E-state index contributed by atoms with van der Waals surface area (Å²) in [6, 6.07) is 3.73. The lowest BCUT2D eigenvalue weighted by atomic mass is 10.1. The number of pyridine rings is 1.